The Morgan fingerprint density at radius 3 is 2.54 bits per heavy atom. The highest BCUT2D eigenvalue weighted by atomic mass is 16.3. The van der Waals surface area contributed by atoms with Crippen molar-refractivity contribution in [1.82, 2.24) is 5.32 Å². The summed E-state index contributed by atoms with van der Waals surface area (Å²) in [6, 6.07) is 0. The van der Waals surface area contributed by atoms with Gasteiger partial charge in [-0.3, -0.25) is 4.79 Å². The van der Waals surface area contributed by atoms with Gasteiger partial charge in [0.1, 0.15) is 0 Å². The lowest BCUT2D eigenvalue weighted by Crippen LogP contribution is -2.62. The second-order valence-corrected chi connectivity index (χ2v) is 15.1. The lowest BCUT2D eigenvalue weighted by atomic mass is 9.43. The molecule has 39 heavy (non-hydrogen) atoms. The third kappa shape index (κ3) is 5.26. The Kier molecular flexibility index (Phi) is 8.62. The van der Waals surface area contributed by atoms with E-state index in [4.69, 9.17) is 0 Å². The van der Waals surface area contributed by atoms with E-state index in [0.717, 1.165) is 75.5 Å². The van der Waals surface area contributed by atoms with Crippen molar-refractivity contribution in [2.24, 2.45) is 46.3 Å². The number of nitrogens with zero attached hydrogens (tertiary/aromatic N) is 1. The Morgan fingerprint density at radius 2 is 1.82 bits per heavy atom. The molecule has 0 radical (unpaired) electrons. The van der Waals surface area contributed by atoms with Gasteiger partial charge in [0, 0.05) is 19.3 Å². The zero-order valence-electron chi connectivity index (χ0n) is 25.0. The van der Waals surface area contributed by atoms with Crippen LogP contribution in [-0.4, -0.2) is 76.7 Å². The number of aliphatic hydroxyl groups excluding tert-OH is 3. The highest BCUT2D eigenvalue weighted by Crippen LogP contribution is 2.68. The summed E-state index contributed by atoms with van der Waals surface area (Å²) in [4.78, 5) is 12.8. The molecule has 0 spiro atoms. The van der Waals surface area contributed by atoms with Crippen LogP contribution in [0.4, 0.5) is 0 Å². The number of hydrogen-bond acceptors (Lipinski definition) is 4. The van der Waals surface area contributed by atoms with Crippen LogP contribution < -0.4 is 5.32 Å². The van der Waals surface area contributed by atoms with Crippen LogP contribution in [0.25, 0.3) is 0 Å². The molecule has 0 bridgehead atoms. The van der Waals surface area contributed by atoms with Crippen LogP contribution in [0.3, 0.4) is 0 Å². The van der Waals surface area contributed by atoms with Gasteiger partial charge < -0.3 is 25.1 Å². The molecule has 1 heterocycles. The molecule has 4 aliphatic carbocycles. The summed E-state index contributed by atoms with van der Waals surface area (Å²) in [7, 11) is 0. The van der Waals surface area contributed by atoms with E-state index in [0.29, 0.717) is 36.0 Å². The minimum Gasteiger partial charge on any atom is -0.393 e. The molecule has 5 fully saturated rings. The molecule has 222 valence electrons. The Bertz CT molecular complexity index is 889. The number of nitrogens with one attached hydrogen (secondary N) is 1. The molecular weight excluding hydrogens is 488 g/mol. The summed E-state index contributed by atoms with van der Waals surface area (Å²) < 4.78 is 1.06. The number of aliphatic hydroxyl groups is 3. The third-order valence-corrected chi connectivity index (χ3v) is 13.3. The summed E-state index contributed by atoms with van der Waals surface area (Å²) in [6.45, 7) is 16.0. The summed E-state index contributed by atoms with van der Waals surface area (Å²) >= 11 is 0. The molecule has 6 nitrogen and oxygen atoms in total. The summed E-state index contributed by atoms with van der Waals surface area (Å²) in [5.41, 5.74) is -0.0961. The number of hydrogen-bond donors (Lipinski definition) is 4. The monoisotopic (exact) mass is 545 g/mol. The number of amides is 1. The zero-order valence-corrected chi connectivity index (χ0v) is 25.0. The molecule has 4 saturated carbocycles. The van der Waals surface area contributed by atoms with Gasteiger partial charge in [-0.2, -0.15) is 0 Å². The van der Waals surface area contributed by atoms with Crippen LogP contribution in [0.2, 0.25) is 0 Å². The van der Waals surface area contributed by atoms with Gasteiger partial charge in [0.05, 0.1) is 51.0 Å². The van der Waals surface area contributed by atoms with Gasteiger partial charge >= 0.3 is 0 Å². The van der Waals surface area contributed by atoms with E-state index in [1.807, 2.05) is 6.08 Å². The molecule has 11 atom stereocenters. The average Bonchev–Trinajstić information content (AvgIpc) is 3.50. The Labute approximate surface area is 237 Å². The van der Waals surface area contributed by atoms with Gasteiger partial charge in [-0.15, -0.1) is 0 Å². The van der Waals surface area contributed by atoms with Crippen molar-refractivity contribution in [2.45, 2.75) is 110 Å². The smallest absolute Gasteiger partial charge is 0.220 e. The summed E-state index contributed by atoms with van der Waals surface area (Å²) in [6.07, 6.45) is 11.4. The first-order valence-electron chi connectivity index (χ1n) is 16.3. The SMILES string of the molecule is C=CC[N+]1(CCNC(=O)CC[C@@H](C)[C@H]2CC[C@H]3[C@@H]4[C@H](O)C[C@@H]5C[C@H](O)CC[C@]5(C)[C@H]4C[C@H](O)[C@]23C)CCCC1. The maximum Gasteiger partial charge on any atom is 0.220 e. The average molecular weight is 546 g/mol. The molecule has 0 unspecified atom stereocenters. The lowest BCUT2D eigenvalue weighted by Gasteiger charge is -2.63. The van der Waals surface area contributed by atoms with Gasteiger partial charge in [0.15, 0.2) is 0 Å². The van der Waals surface area contributed by atoms with Crippen LogP contribution in [-0.2, 0) is 4.79 Å². The number of quaternary nitrogens is 1. The number of fused-ring (bicyclic) bond motifs is 5. The third-order valence-electron chi connectivity index (χ3n) is 13.3. The maximum absolute atomic E-state index is 12.8. The topological polar surface area (TPSA) is 89.8 Å². The van der Waals surface area contributed by atoms with Crippen molar-refractivity contribution in [1.29, 1.82) is 0 Å². The van der Waals surface area contributed by atoms with Crippen molar-refractivity contribution in [3.05, 3.63) is 12.7 Å². The largest absolute Gasteiger partial charge is 0.393 e. The molecule has 1 saturated heterocycles. The van der Waals surface area contributed by atoms with Crippen LogP contribution >= 0.6 is 0 Å². The van der Waals surface area contributed by atoms with Crippen molar-refractivity contribution in [3.8, 4) is 0 Å². The van der Waals surface area contributed by atoms with E-state index < -0.39 is 0 Å². The van der Waals surface area contributed by atoms with Gasteiger partial charge in [0.2, 0.25) is 5.91 Å². The minimum atomic E-state index is -0.368. The van der Waals surface area contributed by atoms with Gasteiger partial charge in [-0.1, -0.05) is 27.4 Å². The van der Waals surface area contributed by atoms with E-state index in [2.05, 4.69) is 32.7 Å². The van der Waals surface area contributed by atoms with Gasteiger partial charge in [-0.05, 0) is 104 Å². The number of carbonyl (C=O) groups is 1. The normalized spacial score (nSPS) is 45.6. The second kappa shape index (κ2) is 11.4. The fraction of sp³-hybridized carbons (Fsp3) is 0.909. The van der Waals surface area contributed by atoms with E-state index >= 15 is 0 Å². The molecular formula is C33H57N2O4+. The Balaban J connectivity index is 1.18. The first-order chi connectivity index (χ1) is 18.5. The molecule has 5 aliphatic rings. The molecule has 0 aromatic carbocycles. The summed E-state index contributed by atoms with van der Waals surface area (Å²) in [5, 5.41) is 36.8. The number of rotatable bonds is 9. The standard InChI is InChI=1S/C33H56N2O4/c1-5-15-35(16-6-7-17-35)18-14-34-30(39)11-8-22(2)25-9-10-26-31-27(21-29(38)33(25,26)4)32(3)13-12-24(36)19-23(32)20-28(31)37/h5,22-29,31,36-38H,1,6-21H2,2-4H3/p+1/t22-,23+,24-,25-,26+,27+,28-,29+,31+,32+,33-/m1/s1. The fourth-order valence-corrected chi connectivity index (χ4v) is 11.0. The van der Waals surface area contributed by atoms with Crippen molar-refractivity contribution in [3.63, 3.8) is 0 Å². The molecule has 6 heteroatoms. The summed E-state index contributed by atoms with van der Waals surface area (Å²) in [5.74, 6) is 2.15. The predicted molar refractivity (Wildman–Crippen MR) is 155 cm³/mol. The van der Waals surface area contributed by atoms with Crippen LogP contribution in [0.15, 0.2) is 12.7 Å². The molecule has 4 N–H and O–H groups in total. The number of carbonyl (C=O) groups excluding carboxylic acids is 1. The van der Waals surface area contributed by atoms with Crippen molar-refractivity contribution < 1.29 is 24.6 Å². The zero-order chi connectivity index (χ0) is 28.0. The predicted octanol–water partition coefficient (Wildman–Crippen LogP) is 4.28. The first-order valence-corrected chi connectivity index (χ1v) is 16.3. The Hall–Kier alpha value is -0.950. The molecule has 0 aromatic rings. The lowest BCUT2D eigenvalue weighted by molar-refractivity contribution is -0.910. The molecule has 1 amide bonds. The highest BCUT2D eigenvalue weighted by molar-refractivity contribution is 5.75. The minimum absolute atomic E-state index is 0.106. The first kappa shape index (κ1) is 29.5. The molecule has 1 aliphatic heterocycles. The maximum atomic E-state index is 12.8. The quantitative estimate of drug-likeness (QED) is 0.257. The number of likely N-dealkylation sites (tertiary alicyclic amines) is 1. The van der Waals surface area contributed by atoms with Crippen LogP contribution in [0.1, 0.15) is 91.4 Å². The van der Waals surface area contributed by atoms with Crippen LogP contribution in [0.5, 0.6) is 0 Å². The van der Waals surface area contributed by atoms with E-state index in [1.54, 1.807) is 0 Å². The van der Waals surface area contributed by atoms with Crippen molar-refractivity contribution in [2.75, 3.05) is 32.7 Å². The second-order valence-electron chi connectivity index (χ2n) is 15.1. The van der Waals surface area contributed by atoms with Gasteiger partial charge in [0.25, 0.3) is 0 Å². The van der Waals surface area contributed by atoms with Crippen LogP contribution in [0, 0.1) is 46.3 Å². The van der Waals surface area contributed by atoms with E-state index in [-0.39, 0.29) is 41.0 Å². The van der Waals surface area contributed by atoms with E-state index in [9.17, 15) is 20.1 Å². The van der Waals surface area contributed by atoms with Crippen molar-refractivity contribution >= 4 is 5.91 Å². The molecule has 0 aromatic heterocycles. The van der Waals surface area contributed by atoms with Gasteiger partial charge in [-0.25, -0.2) is 0 Å². The molecule has 5 rings (SSSR count). The highest BCUT2D eigenvalue weighted by Gasteiger charge is 2.65. The fourth-order valence-electron chi connectivity index (χ4n) is 11.0. The Morgan fingerprint density at radius 1 is 1.08 bits per heavy atom. The van der Waals surface area contributed by atoms with E-state index in [1.165, 1.54) is 25.9 Å².